The molecule has 1 aliphatic heterocycles. The Balaban J connectivity index is 2.31. The molecule has 1 aromatic rings. The maximum atomic E-state index is 11.8. The largest absolute Gasteiger partial charge is 0.466 e. The quantitative estimate of drug-likeness (QED) is 0.714. The average molecular weight is 219 g/mol. The predicted octanol–water partition coefficient (Wildman–Crippen LogP) is 2.17. The molecule has 0 amide bonds. The van der Waals surface area contributed by atoms with Gasteiger partial charge in [-0.25, -0.2) is 0 Å². The molecule has 0 unspecified atom stereocenters. The highest BCUT2D eigenvalue weighted by Crippen LogP contribution is 2.34. The Morgan fingerprint density at radius 1 is 1.50 bits per heavy atom. The smallest absolute Gasteiger partial charge is 0.313 e. The van der Waals surface area contributed by atoms with Crippen molar-refractivity contribution in [2.75, 3.05) is 25.1 Å². The molecule has 3 nitrogen and oxygen atoms in total. The van der Waals surface area contributed by atoms with Crippen LogP contribution in [-0.2, 0) is 9.53 Å². The van der Waals surface area contributed by atoms with Crippen molar-refractivity contribution in [3.8, 4) is 0 Å². The summed E-state index contributed by atoms with van der Waals surface area (Å²) in [7, 11) is 2.06. The number of rotatable bonds is 2. The van der Waals surface area contributed by atoms with Gasteiger partial charge in [0.1, 0.15) is 0 Å². The molecule has 0 saturated heterocycles. The number of para-hydroxylation sites is 1. The van der Waals surface area contributed by atoms with Gasteiger partial charge in [-0.3, -0.25) is 4.79 Å². The Morgan fingerprint density at radius 3 is 3.00 bits per heavy atom. The molecule has 1 heterocycles. The van der Waals surface area contributed by atoms with Crippen LogP contribution in [0.15, 0.2) is 24.3 Å². The maximum absolute atomic E-state index is 11.8. The van der Waals surface area contributed by atoms with Crippen LogP contribution in [0.4, 0.5) is 5.69 Å². The molecule has 0 bridgehead atoms. The van der Waals surface area contributed by atoms with Crippen LogP contribution >= 0.6 is 0 Å². The lowest BCUT2D eigenvalue weighted by Gasteiger charge is -2.31. The Labute approximate surface area is 96.0 Å². The molecule has 0 spiro atoms. The summed E-state index contributed by atoms with van der Waals surface area (Å²) in [5, 5.41) is 0. The van der Waals surface area contributed by atoms with E-state index in [0.29, 0.717) is 6.61 Å². The number of anilines is 1. The molecule has 1 atom stereocenters. The maximum Gasteiger partial charge on any atom is 0.313 e. The van der Waals surface area contributed by atoms with Crippen LogP contribution in [0.5, 0.6) is 0 Å². The number of hydrogen-bond acceptors (Lipinski definition) is 3. The minimum Gasteiger partial charge on any atom is -0.466 e. The normalized spacial score (nSPS) is 19.1. The Bertz CT molecular complexity index is 389. The van der Waals surface area contributed by atoms with Gasteiger partial charge >= 0.3 is 5.97 Å². The molecule has 1 aromatic carbocycles. The van der Waals surface area contributed by atoms with Gasteiger partial charge in [0.05, 0.1) is 12.5 Å². The fourth-order valence-corrected chi connectivity index (χ4v) is 2.22. The number of esters is 1. The lowest BCUT2D eigenvalue weighted by Crippen LogP contribution is -2.31. The van der Waals surface area contributed by atoms with Gasteiger partial charge in [0.15, 0.2) is 0 Å². The topological polar surface area (TPSA) is 29.5 Å². The van der Waals surface area contributed by atoms with Gasteiger partial charge in [0.25, 0.3) is 0 Å². The van der Waals surface area contributed by atoms with E-state index in [-0.39, 0.29) is 11.9 Å². The van der Waals surface area contributed by atoms with Crippen molar-refractivity contribution in [3.05, 3.63) is 29.8 Å². The zero-order chi connectivity index (χ0) is 11.5. The summed E-state index contributed by atoms with van der Waals surface area (Å²) in [6, 6.07) is 8.06. The van der Waals surface area contributed by atoms with E-state index in [1.54, 1.807) is 0 Å². The Morgan fingerprint density at radius 2 is 2.25 bits per heavy atom. The first-order valence-corrected chi connectivity index (χ1v) is 5.70. The van der Waals surface area contributed by atoms with E-state index in [0.717, 1.165) is 24.2 Å². The zero-order valence-corrected chi connectivity index (χ0v) is 9.77. The van der Waals surface area contributed by atoms with Crippen LogP contribution in [0.2, 0.25) is 0 Å². The van der Waals surface area contributed by atoms with Crippen molar-refractivity contribution in [1.82, 2.24) is 0 Å². The third-order valence-corrected chi connectivity index (χ3v) is 3.05. The molecule has 0 N–H and O–H groups in total. The fourth-order valence-electron chi connectivity index (χ4n) is 2.22. The van der Waals surface area contributed by atoms with Crippen LogP contribution in [0, 0.1) is 0 Å². The molecule has 2 rings (SSSR count). The number of carbonyl (C=O) groups is 1. The summed E-state index contributed by atoms with van der Waals surface area (Å²) >= 11 is 0. The van der Waals surface area contributed by atoms with E-state index in [4.69, 9.17) is 4.74 Å². The second-order valence-electron chi connectivity index (χ2n) is 4.07. The number of fused-ring (bicyclic) bond motifs is 1. The van der Waals surface area contributed by atoms with E-state index >= 15 is 0 Å². The lowest BCUT2D eigenvalue weighted by atomic mass is 9.90. The molecule has 86 valence electrons. The Kier molecular flexibility index (Phi) is 3.13. The van der Waals surface area contributed by atoms with Gasteiger partial charge in [0, 0.05) is 19.3 Å². The number of benzene rings is 1. The third-order valence-electron chi connectivity index (χ3n) is 3.05. The predicted molar refractivity (Wildman–Crippen MR) is 63.7 cm³/mol. The van der Waals surface area contributed by atoms with Crippen LogP contribution in [0.25, 0.3) is 0 Å². The van der Waals surface area contributed by atoms with Crippen LogP contribution < -0.4 is 4.90 Å². The molecule has 3 heteroatoms. The van der Waals surface area contributed by atoms with Crippen molar-refractivity contribution < 1.29 is 9.53 Å². The summed E-state index contributed by atoms with van der Waals surface area (Å²) < 4.78 is 5.12. The van der Waals surface area contributed by atoms with E-state index in [1.165, 1.54) is 0 Å². The van der Waals surface area contributed by atoms with Crippen LogP contribution in [-0.4, -0.2) is 26.2 Å². The van der Waals surface area contributed by atoms with Crippen molar-refractivity contribution in [3.63, 3.8) is 0 Å². The van der Waals surface area contributed by atoms with E-state index in [9.17, 15) is 4.79 Å². The highest BCUT2D eigenvalue weighted by atomic mass is 16.5. The number of hydrogen-bond donors (Lipinski definition) is 0. The van der Waals surface area contributed by atoms with Gasteiger partial charge in [-0.05, 0) is 25.0 Å². The van der Waals surface area contributed by atoms with Gasteiger partial charge in [-0.15, -0.1) is 0 Å². The van der Waals surface area contributed by atoms with Crippen LogP contribution in [0.1, 0.15) is 24.8 Å². The molecule has 0 radical (unpaired) electrons. The monoisotopic (exact) mass is 219 g/mol. The highest BCUT2D eigenvalue weighted by Gasteiger charge is 2.29. The molecular weight excluding hydrogens is 202 g/mol. The van der Waals surface area contributed by atoms with Gasteiger partial charge in [-0.2, -0.15) is 0 Å². The molecule has 0 saturated carbocycles. The first-order valence-electron chi connectivity index (χ1n) is 5.70. The third kappa shape index (κ3) is 1.90. The second kappa shape index (κ2) is 4.56. The van der Waals surface area contributed by atoms with Crippen molar-refractivity contribution >= 4 is 11.7 Å². The zero-order valence-electron chi connectivity index (χ0n) is 9.77. The SMILES string of the molecule is CCOC(=O)[C@@H]1CCN(C)c2ccccc21. The van der Waals surface area contributed by atoms with Gasteiger partial charge < -0.3 is 9.64 Å². The van der Waals surface area contributed by atoms with Crippen molar-refractivity contribution in [2.24, 2.45) is 0 Å². The minimum absolute atomic E-state index is 0.0904. The van der Waals surface area contributed by atoms with Gasteiger partial charge in [0.2, 0.25) is 0 Å². The van der Waals surface area contributed by atoms with E-state index < -0.39 is 0 Å². The van der Waals surface area contributed by atoms with Crippen LogP contribution in [0.3, 0.4) is 0 Å². The van der Waals surface area contributed by atoms with E-state index in [1.807, 2.05) is 25.1 Å². The standard InChI is InChI=1S/C13H17NO2/c1-3-16-13(15)11-8-9-14(2)12-7-5-4-6-10(11)12/h4-7,11H,3,8-9H2,1-2H3/t11-/m1/s1. The van der Waals surface area contributed by atoms with Crippen molar-refractivity contribution in [1.29, 1.82) is 0 Å². The first-order chi connectivity index (χ1) is 7.74. The molecule has 16 heavy (non-hydrogen) atoms. The summed E-state index contributed by atoms with van der Waals surface area (Å²) in [4.78, 5) is 14.0. The molecular formula is C13H17NO2. The molecule has 0 aliphatic carbocycles. The Hall–Kier alpha value is -1.51. The minimum atomic E-state index is -0.0944. The number of carbonyl (C=O) groups excluding carboxylic acids is 1. The molecule has 0 aromatic heterocycles. The summed E-state index contributed by atoms with van der Waals surface area (Å²) in [5.74, 6) is -0.185. The second-order valence-corrected chi connectivity index (χ2v) is 4.07. The number of nitrogens with zero attached hydrogens (tertiary/aromatic N) is 1. The molecule has 1 aliphatic rings. The van der Waals surface area contributed by atoms with Crippen molar-refractivity contribution in [2.45, 2.75) is 19.3 Å². The van der Waals surface area contributed by atoms with Gasteiger partial charge in [-0.1, -0.05) is 18.2 Å². The summed E-state index contributed by atoms with van der Waals surface area (Å²) in [6.07, 6.45) is 0.840. The lowest BCUT2D eigenvalue weighted by molar-refractivity contribution is -0.145. The number of ether oxygens (including phenoxy) is 1. The fraction of sp³-hybridized carbons (Fsp3) is 0.462. The highest BCUT2D eigenvalue weighted by molar-refractivity contribution is 5.81. The molecule has 0 fully saturated rings. The summed E-state index contributed by atoms with van der Waals surface area (Å²) in [6.45, 7) is 3.20. The summed E-state index contributed by atoms with van der Waals surface area (Å²) in [5.41, 5.74) is 2.24. The van der Waals surface area contributed by atoms with E-state index in [2.05, 4.69) is 18.0 Å². The average Bonchev–Trinajstić information content (AvgIpc) is 2.30. The first kappa shape index (κ1) is 11.0.